The lowest BCUT2D eigenvalue weighted by Crippen LogP contribution is -2.03. The van der Waals surface area contributed by atoms with E-state index in [1.807, 2.05) is 0 Å². The van der Waals surface area contributed by atoms with Gasteiger partial charge in [0.2, 0.25) is 6.41 Å². The van der Waals surface area contributed by atoms with Gasteiger partial charge < -0.3 is 15.4 Å². The van der Waals surface area contributed by atoms with Crippen molar-refractivity contribution in [2.45, 2.75) is 0 Å². The molecule has 0 radical (unpaired) electrons. The van der Waals surface area contributed by atoms with Crippen molar-refractivity contribution in [3.8, 4) is 11.1 Å². The van der Waals surface area contributed by atoms with Crippen molar-refractivity contribution in [2.75, 3.05) is 5.32 Å². The maximum absolute atomic E-state index is 10.9. The summed E-state index contributed by atoms with van der Waals surface area (Å²) >= 11 is 0. The number of nitrogens with one attached hydrogen (secondary N) is 2. The number of aromatic nitrogens is 4. The van der Waals surface area contributed by atoms with Gasteiger partial charge in [0, 0.05) is 17.8 Å². The van der Waals surface area contributed by atoms with Crippen LogP contribution in [0.3, 0.4) is 0 Å². The molecule has 0 aromatic carbocycles. The molecule has 0 aliphatic rings. The summed E-state index contributed by atoms with van der Waals surface area (Å²) in [6.45, 7) is 0. The number of carbonyl (C=O) groups excluding carboxylic acids is 1. The molecule has 0 atom stereocenters. The summed E-state index contributed by atoms with van der Waals surface area (Å²) in [6, 6.07) is 2.93. The normalized spacial score (nSPS) is 10.6. The summed E-state index contributed by atoms with van der Waals surface area (Å²) in [5.74, 6) is -0.151. The lowest BCUT2D eigenvalue weighted by atomic mass is 10.1. The second kappa shape index (κ2) is 4.46. The number of amides is 1. The highest BCUT2D eigenvalue weighted by Gasteiger charge is 2.21. The molecule has 9 heteroatoms. The fourth-order valence-corrected chi connectivity index (χ4v) is 2.05. The number of nitrogens with zero attached hydrogens (tertiary/aromatic N) is 4. The van der Waals surface area contributed by atoms with Crippen LogP contribution < -0.4 is 5.32 Å². The first kappa shape index (κ1) is 11.8. The largest absolute Gasteiger partial charge is 0.358 e. The van der Waals surface area contributed by atoms with Crippen molar-refractivity contribution in [2.24, 2.45) is 0 Å². The third kappa shape index (κ3) is 1.68. The Balaban J connectivity index is 2.34. The zero-order valence-electron chi connectivity index (χ0n) is 9.98. The van der Waals surface area contributed by atoms with E-state index in [1.54, 1.807) is 18.5 Å². The van der Waals surface area contributed by atoms with Gasteiger partial charge in [-0.2, -0.15) is 5.10 Å². The van der Waals surface area contributed by atoms with Gasteiger partial charge in [-0.25, -0.2) is 0 Å². The lowest BCUT2D eigenvalue weighted by Gasteiger charge is -2.05. The van der Waals surface area contributed by atoms with Gasteiger partial charge in [-0.05, 0) is 11.0 Å². The second-order valence-electron chi connectivity index (χ2n) is 3.93. The van der Waals surface area contributed by atoms with Gasteiger partial charge in [-0.15, -0.1) is 0 Å². The average Bonchev–Trinajstić information content (AvgIpc) is 3.07. The molecule has 3 heterocycles. The van der Waals surface area contributed by atoms with Gasteiger partial charge in [0.05, 0.1) is 23.6 Å². The lowest BCUT2D eigenvalue weighted by molar-refractivity contribution is -0.390. The SMILES string of the molecule is O=CNc1cnn2c([N+](=O)[O-])ccc2c1-c1cn[nH]c1. The van der Waals surface area contributed by atoms with E-state index in [4.69, 9.17) is 0 Å². The van der Waals surface area contributed by atoms with Crippen LogP contribution in [0.5, 0.6) is 0 Å². The highest BCUT2D eigenvalue weighted by molar-refractivity contribution is 5.93. The van der Waals surface area contributed by atoms with E-state index in [-0.39, 0.29) is 5.82 Å². The van der Waals surface area contributed by atoms with Crippen molar-refractivity contribution in [1.82, 2.24) is 19.8 Å². The van der Waals surface area contributed by atoms with Crippen LogP contribution in [-0.4, -0.2) is 31.1 Å². The molecule has 0 aliphatic heterocycles. The van der Waals surface area contributed by atoms with E-state index in [9.17, 15) is 14.9 Å². The monoisotopic (exact) mass is 272 g/mol. The molecule has 0 fully saturated rings. The summed E-state index contributed by atoms with van der Waals surface area (Å²) in [5.41, 5.74) is 2.25. The molecule has 0 unspecified atom stereocenters. The Kier molecular flexibility index (Phi) is 2.64. The first-order valence-electron chi connectivity index (χ1n) is 5.57. The molecule has 3 rings (SSSR count). The molecule has 0 aliphatic carbocycles. The van der Waals surface area contributed by atoms with Crippen molar-refractivity contribution >= 4 is 23.4 Å². The number of fused-ring (bicyclic) bond motifs is 1. The van der Waals surface area contributed by atoms with Gasteiger partial charge in [0.15, 0.2) is 5.52 Å². The summed E-state index contributed by atoms with van der Waals surface area (Å²) in [4.78, 5) is 21.1. The molecule has 3 aromatic heterocycles. The number of aromatic amines is 1. The Labute approximate surface area is 111 Å². The summed E-state index contributed by atoms with van der Waals surface area (Å²) in [6.07, 6.45) is 5.07. The minimum atomic E-state index is -0.522. The third-order valence-electron chi connectivity index (χ3n) is 2.85. The summed E-state index contributed by atoms with van der Waals surface area (Å²) in [5, 5.41) is 23.9. The van der Waals surface area contributed by atoms with E-state index in [2.05, 4.69) is 20.6 Å². The maximum Gasteiger partial charge on any atom is 0.348 e. The number of carbonyl (C=O) groups is 1. The van der Waals surface area contributed by atoms with Crippen LogP contribution in [0.15, 0.2) is 30.7 Å². The zero-order chi connectivity index (χ0) is 14.1. The topological polar surface area (TPSA) is 118 Å². The molecule has 1 amide bonds. The number of hydrogen-bond donors (Lipinski definition) is 2. The molecule has 0 bridgehead atoms. The van der Waals surface area contributed by atoms with Crippen LogP contribution in [-0.2, 0) is 4.79 Å². The Morgan fingerprint density at radius 1 is 1.40 bits per heavy atom. The number of rotatable bonds is 4. The number of nitro groups is 1. The first-order chi connectivity index (χ1) is 9.72. The van der Waals surface area contributed by atoms with Crippen molar-refractivity contribution in [3.63, 3.8) is 0 Å². The smallest absolute Gasteiger partial charge is 0.348 e. The molecule has 0 saturated carbocycles. The average molecular weight is 272 g/mol. The van der Waals surface area contributed by atoms with Crippen molar-refractivity contribution in [1.29, 1.82) is 0 Å². The number of anilines is 1. The number of H-pyrrole nitrogens is 1. The molecule has 0 spiro atoms. The third-order valence-corrected chi connectivity index (χ3v) is 2.85. The Hall–Kier alpha value is -3.23. The van der Waals surface area contributed by atoms with Crippen LogP contribution in [0.4, 0.5) is 11.5 Å². The van der Waals surface area contributed by atoms with Crippen LogP contribution in [0.2, 0.25) is 0 Å². The molecule has 9 nitrogen and oxygen atoms in total. The van der Waals surface area contributed by atoms with Crippen LogP contribution in [0.25, 0.3) is 16.6 Å². The Morgan fingerprint density at radius 3 is 2.90 bits per heavy atom. The highest BCUT2D eigenvalue weighted by atomic mass is 16.6. The maximum atomic E-state index is 10.9. The fraction of sp³-hybridized carbons (Fsp3) is 0. The van der Waals surface area contributed by atoms with Gasteiger partial charge in [0.1, 0.15) is 0 Å². The Bertz CT molecular complexity index is 792. The molecular weight excluding hydrogens is 264 g/mol. The van der Waals surface area contributed by atoms with E-state index in [0.717, 1.165) is 0 Å². The summed E-state index contributed by atoms with van der Waals surface area (Å²) in [7, 11) is 0. The molecule has 20 heavy (non-hydrogen) atoms. The quantitative estimate of drug-likeness (QED) is 0.420. The summed E-state index contributed by atoms with van der Waals surface area (Å²) < 4.78 is 1.21. The fourth-order valence-electron chi connectivity index (χ4n) is 2.05. The highest BCUT2D eigenvalue weighted by Crippen LogP contribution is 2.33. The van der Waals surface area contributed by atoms with Gasteiger partial charge in [-0.3, -0.25) is 9.89 Å². The molecule has 3 aromatic rings. The van der Waals surface area contributed by atoms with Crippen LogP contribution in [0.1, 0.15) is 0 Å². The van der Waals surface area contributed by atoms with Gasteiger partial charge in [0.25, 0.3) is 0 Å². The van der Waals surface area contributed by atoms with E-state index in [0.29, 0.717) is 28.7 Å². The van der Waals surface area contributed by atoms with E-state index >= 15 is 0 Å². The molecule has 2 N–H and O–H groups in total. The van der Waals surface area contributed by atoms with Crippen LogP contribution in [0, 0.1) is 10.1 Å². The zero-order valence-corrected chi connectivity index (χ0v) is 9.98. The van der Waals surface area contributed by atoms with E-state index < -0.39 is 4.92 Å². The van der Waals surface area contributed by atoms with E-state index in [1.165, 1.54) is 16.8 Å². The molecule has 0 saturated heterocycles. The minimum Gasteiger partial charge on any atom is -0.358 e. The standard InChI is InChI=1S/C11H8N6O3/c18-6-12-8-5-15-16-9(1-2-10(16)17(19)20)11(8)7-3-13-14-4-7/h1-6H,(H,12,18)(H,13,14). The van der Waals surface area contributed by atoms with Crippen LogP contribution >= 0.6 is 0 Å². The number of hydrogen-bond acceptors (Lipinski definition) is 5. The first-order valence-corrected chi connectivity index (χ1v) is 5.57. The second-order valence-corrected chi connectivity index (χ2v) is 3.93. The predicted molar refractivity (Wildman–Crippen MR) is 69.1 cm³/mol. The minimum absolute atomic E-state index is 0.151. The van der Waals surface area contributed by atoms with Gasteiger partial charge >= 0.3 is 5.82 Å². The van der Waals surface area contributed by atoms with Crippen molar-refractivity contribution in [3.05, 3.63) is 40.8 Å². The Morgan fingerprint density at radius 2 is 2.25 bits per heavy atom. The van der Waals surface area contributed by atoms with Gasteiger partial charge in [-0.1, -0.05) is 9.61 Å². The molecular formula is C11H8N6O3. The molecule has 100 valence electrons. The predicted octanol–water partition coefficient (Wildman–Crippen LogP) is 1.20. The van der Waals surface area contributed by atoms with Crippen molar-refractivity contribution < 1.29 is 9.72 Å².